The van der Waals surface area contributed by atoms with Gasteiger partial charge in [0.15, 0.2) is 0 Å². The highest BCUT2D eigenvalue weighted by molar-refractivity contribution is 6.30. The summed E-state index contributed by atoms with van der Waals surface area (Å²) >= 11 is 6.22. The summed E-state index contributed by atoms with van der Waals surface area (Å²) in [6.07, 6.45) is 3.49. The first kappa shape index (κ1) is 16.1. The minimum atomic E-state index is 0.0654. The van der Waals surface area contributed by atoms with Crippen molar-refractivity contribution in [1.82, 2.24) is 0 Å². The number of hydrogen-bond donors (Lipinski definition) is 1. The number of aliphatic hydroxyl groups is 1. The van der Waals surface area contributed by atoms with Crippen LogP contribution in [0.1, 0.15) is 50.2 Å². The molecule has 2 aromatic carbocycles. The van der Waals surface area contributed by atoms with Crippen LogP contribution in [0.15, 0.2) is 42.5 Å². The zero-order valence-electron chi connectivity index (χ0n) is 12.8. The van der Waals surface area contributed by atoms with E-state index < -0.39 is 0 Å². The summed E-state index contributed by atoms with van der Waals surface area (Å²) in [7, 11) is 0. The molecule has 2 aromatic rings. The summed E-state index contributed by atoms with van der Waals surface area (Å²) in [4.78, 5) is 0. The molecular formula is C19H23ClO. The second-order valence-electron chi connectivity index (χ2n) is 5.48. The van der Waals surface area contributed by atoms with Crippen LogP contribution in [0.2, 0.25) is 5.02 Å². The summed E-state index contributed by atoms with van der Waals surface area (Å²) in [5.74, 6) is 0.556. The molecule has 1 unspecified atom stereocenters. The summed E-state index contributed by atoms with van der Waals surface area (Å²) < 4.78 is 0. The molecule has 0 radical (unpaired) electrons. The molecule has 0 saturated carbocycles. The van der Waals surface area contributed by atoms with Gasteiger partial charge in [0.2, 0.25) is 0 Å². The Balaban J connectivity index is 2.52. The number of aliphatic hydroxyl groups excluding tert-OH is 1. The Hall–Kier alpha value is -1.31. The van der Waals surface area contributed by atoms with Gasteiger partial charge in [-0.3, -0.25) is 0 Å². The largest absolute Gasteiger partial charge is 0.392 e. The van der Waals surface area contributed by atoms with Gasteiger partial charge in [0.25, 0.3) is 0 Å². The van der Waals surface area contributed by atoms with E-state index in [1.54, 1.807) is 0 Å². The fourth-order valence-corrected chi connectivity index (χ4v) is 3.07. The van der Waals surface area contributed by atoms with Crippen molar-refractivity contribution in [3.05, 3.63) is 58.6 Å². The lowest BCUT2D eigenvalue weighted by molar-refractivity contribution is 0.282. The van der Waals surface area contributed by atoms with E-state index in [9.17, 15) is 5.11 Å². The maximum atomic E-state index is 9.35. The molecule has 2 rings (SSSR count). The SMILES string of the molecule is CCCC(CC)c1ccc(Cl)cc1-c1cccc(CO)c1. The van der Waals surface area contributed by atoms with Crippen LogP contribution >= 0.6 is 11.6 Å². The molecule has 0 saturated heterocycles. The van der Waals surface area contributed by atoms with Crippen LogP contribution in [-0.4, -0.2) is 5.11 Å². The molecule has 0 spiro atoms. The van der Waals surface area contributed by atoms with Crippen LogP contribution in [0.4, 0.5) is 0 Å². The maximum absolute atomic E-state index is 9.35. The number of hydrogen-bond acceptors (Lipinski definition) is 1. The van der Waals surface area contributed by atoms with Gasteiger partial charge in [-0.2, -0.15) is 0 Å². The number of benzene rings is 2. The minimum Gasteiger partial charge on any atom is -0.392 e. The van der Waals surface area contributed by atoms with Crippen molar-refractivity contribution in [2.45, 2.75) is 45.6 Å². The average Bonchev–Trinajstić information content (AvgIpc) is 2.53. The molecule has 1 atom stereocenters. The van der Waals surface area contributed by atoms with Crippen molar-refractivity contribution >= 4 is 11.6 Å². The van der Waals surface area contributed by atoms with E-state index in [-0.39, 0.29) is 6.61 Å². The van der Waals surface area contributed by atoms with Crippen LogP contribution in [0.5, 0.6) is 0 Å². The third kappa shape index (κ3) is 3.87. The molecule has 2 heteroatoms. The molecule has 0 fully saturated rings. The van der Waals surface area contributed by atoms with Crippen LogP contribution in [-0.2, 0) is 6.61 Å². The second kappa shape index (κ2) is 7.63. The topological polar surface area (TPSA) is 20.2 Å². The number of rotatable bonds is 6. The van der Waals surface area contributed by atoms with Crippen LogP contribution in [0.25, 0.3) is 11.1 Å². The average molecular weight is 303 g/mol. The first-order chi connectivity index (χ1) is 10.2. The fraction of sp³-hybridized carbons (Fsp3) is 0.368. The summed E-state index contributed by atoms with van der Waals surface area (Å²) in [6, 6.07) is 14.3. The first-order valence-corrected chi connectivity index (χ1v) is 8.07. The number of halogens is 1. The smallest absolute Gasteiger partial charge is 0.0682 e. The predicted molar refractivity (Wildman–Crippen MR) is 90.8 cm³/mol. The van der Waals surface area contributed by atoms with Crippen molar-refractivity contribution < 1.29 is 5.11 Å². The van der Waals surface area contributed by atoms with Gasteiger partial charge in [-0.25, -0.2) is 0 Å². The Morgan fingerprint density at radius 3 is 2.57 bits per heavy atom. The molecule has 0 aliphatic rings. The highest BCUT2D eigenvalue weighted by Crippen LogP contribution is 2.35. The van der Waals surface area contributed by atoms with Crippen molar-refractivity contribution in [1.29, 1.82) is 0 Å². The molecule has 1 N–H and O–H groups in total. The molecule has 0 aliphatic heterocycles. The molecule has 0 aliphatic carbocycles. The normalized spacial score (nSPS) is 12.4. The third-order valence-electron chi connectivity index (χ3n) is 4.01. The summed E-state index contributed by atoms with van der Waals surface area (Å²) in [5.41, 5.74) is 4.62. The Kier molecular flexibility index (Phi) is 5.84. The highest BCUT2D eigenvalue weighted by Gasteiger charge is 2.15. The molecule has 112 valence electrons. The standard InChI is InChI=1S/C19H23ClO/c1-3-6-15(4-2)18-10-9-17(20)12-19(18)16-8-5-7-14(11-16)13-21/h5,7-12,15,21H,3-4,6,13H2,1-2H3. The van der Waals surface area contributed by atoms with Crippen molar-refractivity contribution in [2.24, 2.45) is 0 Å². The van der Waals surface area contributed by atoms with E-state index in [0.29, 0.717) is 5.92 Å². The molecule has 21 heavy (non-hydrogen) atoms. The molecule has 0 aromatic heterocycles. The van der Waals surface area contributed by atoms with E-state index in [2.05, 4.69) is 26.0 Å². The fourth-order valence-electron chi connectivity index (χ4n) is 2.90. The van der Waals surface area contributed by atoms with Crippen LogP contribution < -0.4 is 0 Å². The first-order valence-electron chi connectivity index (χ1n) is 7.69. The predicted octanol–water partition coefficient (Wildman–Crippen LogP) is 5.79. The van der Waals surface area contributed by atoms with E-state index in [0.717, 1.165) is 22.6 Å². The van der Waals surface area contributed by atoms with Crippen LogP contribution in [0, 0.1) is 0 Å². The molecule has 0 heterocycles. The Morgan fingerprint density at radius 1 is 1.10 bits per heavy atom. The molecule has 1 nitrogen and oxygen atoms in total. The molecule has 0 bridgehead atoms. The van der Waals surface area contributed by atoms with E-state index >= 15 is 0 Å². The van der Waals surface area contributed by atoms with Crippen molar-refractivity contribution in [3.63, 3.8) is 0 Å². The van der Waals surface area contributed by atoms with E-state index in [4.69, 9.17) is 11.6 Å². The van der Waals surface area contributed by atoms with Gasteiger partial charge < -0.3 is 5.11 Å². The molecule has 0 amide bonds. The zero-order valence-corrected chi connectivity index (χ0v) is 13.5. The second-order valence-corrected chi connectivity index (χ2v) is 5.92. The van der Waals surface area contributed by atoms with Crippen molar-refractivity contribution in [2.75, 3.05) is 0 Å². The van der Waals surface area contributed by atoms with Gasteiger partial charge in [0, 0.05) is 5.02 Å². The van der Waals surface area contributed by atoms with E-state index in [1.165, 1.54) is 24.0 Å². The van der Waals surface area contributed by atoms with Gasteiger partial charge in [-0.05, 0) is 59.2 Å². The Morgan fingerprint density at radius 2 is 1.90 bits per heavy atom. The maximum Gasteiger partial charge on any atom is 0.0682 e. The van der Waals surface area contributed by atoms with E-state index in [1.807, 2.05) is 30.3 Å². The van der Waals surface area contributed by atoms with Gasteiger partial charge in [0.05, 0.1) is 6.61 Å². The van der Waals surface area contributed by atoms with Gasteiger partial charge in [0.1, 0.15) is 0 Å². The minimum absolute atomic E-state index is 0.0654. The quantitative estimate of drug-likeness (QED) is 0.715. The monoisotopic (exact) mass is 302 g/mol. The van der Waals surface area contributed by atoms with Gasteiger partial charge in [-0.1, -0.05) is 56.1 Å². The van der Waals surface area contributed by atoms with Gasteiger partial charge in [-0.15, -0.1) is 0 Å². The van der Waals surface area contributed by atoms with Crippen molar-refractivity contribution in [3.8, 4) is 11.1 Å². The Bertz CT molecular complexity index is 592. The third-order valence-corrected chi connectivity index (χ3v) is 4.24. The summed E-state index contributed by atoms with van der Waals surface area (Å²) in [5, 5.41) is 10.1. The lowest BCUT2D eigenvalue weighted by Crippen LogP contribution is -2.00. The lowest BCUT2D eigenvalue weighted by atomic mass is 9.86. The molecular weight excluding hydrogens is 280 g/mol. The Labute approximate surface area is 132 Å². The lowest BCUT2D eigenvalue weighted by Gasteiger charge is -2.19. The highest BCUT2D eigenvalue weighted by atomic mass is 35.5. The van der Waals surface area contributed by atoms with Crippen LogP contribution in [0.3, 0.4) is 0 Å². The summed E-state index contributed by atoms with van der Waals surface area (Å²) in [6.45, 7) is 4.53. The zero-order chi connectivity index (χ0) is 15.2. The van der Waals surface area contributed by atoms with Gasteiger partial charge >= 0.3 is 0 Å².